The predicted octanol–water partition coefficient (Wildman–Crippen LogP) is 3.35. The first-order valence-corrected chi connectivity index (χ1v) is 8.76. The second-order valence-electron chi connectivity index (χ2n) is 7.40. The van der Waals surface area contributed by atoms with Crippen LogP contribution in [-0.2, 0) is 10.2 Å². The second kappa shape index (κ2) is 4.90. The summed E-state index contributed by atoms with van der Waals surface area (Å²) >= 11 is 0. The van der Waals surface area contributed by atoms with Gasteiger partial charge in [0, 0.05) is 5.92 Å². The minimum Gasteiger partial charge on any atom is -0.385 e. The normalized spacial score (nSPS) is 35.4. The van der Waals surface area contributed by atoms with E-state index in [1.54, 1.807) is 0 Å². The van der Waals surface area contributed by atoms with Crippen molar-refractivity contribution in [2.75, 3.05) is 0 Å². The summed E-state index contributed by atoms with van der Waals surface area (Å²) in [4.78, 5) is 13.5. The fourth-order valence-corrected chi connectivity index (χ4v) is 5.71. The summed E-state index contributed by atoms with van der Waals surface area (Å²) in [6.45, 7) is 0. The van der Waals surface area contributed by atoms with Crippen LogP contribution in [0.2, 0.25) is 0 Å². The molecular formula is C22H20O2. The van der Waals surface area contributed by atoms with Crippen molar-refractivity contribution in [3.63, 3.8) is 0 Å². The van der Waals surface area contributed by atoms with Crippen LogP contribution in [0.25, 0.3) is 0 Å². The summed E-state index contributed by atoms with van der Waals surface area (Å²) in [5.74, 6) is 0.899. The lowest BCUT2D eigenvalue weighted by molar-refractivity contribution is -0.129. The third-order valence-corrected chi connectivity index (χ3v) is 6.50. The van der Waals surface area contributed by atoms with Crippen LogP contribution in [0.1, 0.15) is 17.5 Å². The smallest absolute Gasteiger partial charge is 0.176 e. The number of hydrogen-bond acceptors (Lipinski definition) is 2. The van der Waals surface area contributed by atoms with Crippen molar-refractivity contribution >= 4 is 5.78 Å². The van der Waals surface area contributed by atoms with Crippen LogP contribution in [-0.4, -0.2) is 17.0 Å². The monoisotopic (exact) mass is 316 g/mol. The number of carbonyl (C=O) groups is 1. The number of carbonyl (C=O) groups excluding carboxylic acids is 1. The summed E-state index contributed by atoms with van der Waals surface area (Å²) in [5.41, 5.74) is 1.32. The van der Waals surface area contributed by atoms with Gasteiger partial charge in [-0.15, -0.1) is 0 Å². The van der Waals surface area contributed by atoms with Crippen molar-refractivity contribution in [2.45, 2.75) is 17.9 Å². The van der Waals surface area contributed by atoms with Gasteiger partial charge in [-0.2, -0.15) is 0 Å². The zero-order chi connectivity index (χ0) is 16.3. The van der Waals surface area contributed by atoms with Crippen LogP contribution in [0.3, 0.4) is 0 Å². The molecule has 0 spiro atoms. The van der Waals surface area contributed by atoms with Gasteiger partial charge < -0.3 is 5.11 Å². The fourth-order valence-electron chi connectivity index (χ4n) is 5.71. The van der Waals surface area contributed by atoms with E-state index in [1.807, 2.05) is 36.4 Å². The van der Waals surface area contributed by atoms with Gasteiger partial charge in [0.2, 0.25) is 0 Å². The maximum absolute atomic E-state index is 13.5. The number of fused-ring (bicyclic) bond motifs is 5. The summed E-state index contributed by atoms with van der Waals surface area (Å²) in [6.07, 6.45) is 4.70. The lowest BCUT2D eigenvalue weighted by atomic mass is 9.62. The maximum Gasteiger partial charge on any atom is 0.176 e. The standard InChI is InChI=1S/C22H20O2/c23-20-18-14-11-12-15(13-14)19(18)22(21(20)24,16-7-3-1-4-8-16)17-9-5-2-6-10-17/h1-12,14-15,18-20,23H,13H2. The third-order valence-electron chi connectivity index (χ3n) is 6.50. The fraction of sp³-hybridized carbons (Fsp3) is 0.318. The average Bonchev–Trinajstić information content (AvgIpc) is 3.31. The molecule has 3 aliphatic carbocycles. The zero-order valence-corrected chi connectivity index (χ0v) is 13.4. The Morgan fingerprint density at radius 1 is 0.833 bits per heavy atom. The van der Waals surface area contributed by atoms with Gasteiger partial charge in [0.05, 0.1) is 5.41 Å². The number of aliphatic hydroxyl groups excluding tert-OH is 1. The van der Waals surface area contributed by atoms with Crippen LogP contribution in [0.5, 0.6) is 0 Å². The first kappa shape index (κ1) is 14.2. The largest absolute Gasteiger partial charge is 0.385 e. The molecular weight excluding hydrogens is 296 g/mol. The van der Waals surface area contributed by atoms with E-state index in [0.717, 1.165) is 17.5 Å². The van der Waals surface area contributed by atoms with E-state index < -0.39 is 11.5 Å². The molecule has 24 heavy (non-hydrogen) atoms. The maximum atomic E-state index is 13.5. The molecule has 2 fully saturated rings. The summed E-state index contributed by atoms with van der Waals surface area (Å²) < 4.78 is 0. The molecule has 0 heterocycles. The van der Waals surface area contributed by atoms with Gasteiger partial charge in [0.25, 0.3) is 0 Å². The van der Waals surface area contributed by atoms with Gasteiger partial charge in [0.15, 0.2) is 5.78 Å². The average molecular weight is 316 g/mol. The Labute approximate surface area is 141 Å². The molecule has 5 unspecified atom stereocenters. The van der Waals surface area contributed by atoms with Gasteiger partial charge in [-0.25, -0.2) is 0 Å². The zero-order valence-electron chi connectivity index (χ0n) is 13.4. The van der Waals surface area contributed by atoms with E-state index >= 15 is 0 Å². The Kier molecular flexibility index (Phi) is 2.90. The Morgan fingerprint density at radius 2 is 1.38 bits per heavy atom. The summed E-state index contributed by atoms with van der Waals surface area (Å²) in [6, 6.07) is 20.2. The molecule has 2 aromatic carbocycles. The van der Waals surface area contributed by atoms with Crippen molar-refractivity contribution in [3.05, 3.63) is 83.9 Å². The molecule has 2 aromatic rings. The number of benzene rings is 2. The topological polar surface area (TPSA) is 37.3 Å². The predicted molar refractivity (Wildman–Crippen MR) is 92.4 cm³/mol. The SMILES string of the molecule is O=C1C(O)C2C3C=CC(C3)C2C1(c1ccccc1)c1ccccc1. The van der Waals surface area contributed by atoms with Crippen LogP contribution in [0.15, 0.2) is 72.8 Å². The molecule has 120 valence electrons. The highest BCUT2D eigenvalue weighted by Crippen LogP contribution is 2.63. The van der Waals surface area contributed by atoms with Gasteiger partial charge in [-0.05, 0) is 35.3 Å². The highest BCUT2D eigenvalue weighted by molar-refractivity contribution is 6.00. The van der Waals surface area contributed by atoms with Crippen molar-refractivity contribution in [2.24, 2.45) is 23.7 Å². The highest BCUT2D eigenvalue weighted by Gasteiger charge is 2.68. The first-order chi connectivity index (χ1) is 11.7. The Bertz CT molecular complexity index is 769. The molecule has 2 saturated carbocycles. The minimum absolute atomic E-state index is 0.0201. The lowest BCUT2D eigenvalue weighted by Gasteiger charge is -2.38. The minimum atomic E-state index is -0.865. The van der Waals surface area contributed by atoms with Crippen molar-refractivity contribution in [1.29, 1.82) is 0 Å². The quantitative estimate of drug-likeness (QED) is 0.863. The molecule has 5 rings (SSSR count). The molecule has 1 N–H and O–H groups in total. The molecule has 0 aliphatic heterocycles. The van der Waals surface area contributed by atoms with Crippen LogP contribution in [0.4, 0.5) is 0 Å². The van der Waals surface area contributed by atoms with Crippen molar-refractivity contribution in [1.82, 2.24) is 0 Å². The number of allylic oxidation sites excluding steroid dienone is 2. The van der Waals surface area contributed by atoms with E-state index in [2.05, 4.69) is 36.4 Å². The van der Waals surface area contributed by atoms with E-state index in [4.69, 9.17) is 0 Å². The molecule has 0 aromatic heterocycles. The molecule has 0 radical (unpaired) electrons. The van der Waals surface area contributed by atoms with Gasteiger partial charge >= 0.3 is 0 Å². The molecule has 0 saturated heterocycles. The van der Waals surface area contributed by atoms with Gasteiger partial charge in [-0.1, -0.05) is 72.8 Å². The highest BCUT2D eigenvalue weighted by atomic mass is 16.3. The number of Topliss-reactive ketones (excluding diaryl/α,β-unsaturated/α-hetero) is 1. The van der Waals surface area contributed by atoms with Crippen molar-refractivity contribution in [3.8, 4) is 0 Å². The molecule has 3 aliphatic rings. The van der Waals surface area contributed by atoms with E-state index in [9.17, 15) is 9.90 Å². The molecule has 2 bridgehead atoms. The number of aliphatic hydroxyl groups is 1. The summed E-state index contributed by atoms with van der Waals surface area (Å²) in [5, 5.41) is 10.9. The first-order valence-electron chi connectivity index (χ1n) is 8.76. The number of ketones is 1. The van der Waals surface area contributed by atoms with E-state index in [1.165, 1.54) is 0 Å². The second-order valence-corrected chi connectivity index (χ2v) is 7.40. The van der Waals surface area contributed by atoms with Crippen LogP contribution in [0, 0.1) is 23.7 Å². The number of rotatable bonds is 2. The van der Waals surface area contributed by atoms with Gasteiger partial charge in [-0.3, -0.25) is 4.79 Å². The third kappa shape index (κ3) is 1.57. The Morgan fingerprint density at radius 3 is 1.96 bits per heavy atom. The molecule has 0 amide bonds. The van der Waals surface area contributed by atoms with E-state index in [0.29, 0.717) is 11.8 Å². The van der Waals surface area contributed by atoms with Crippen LogP contribution >= 0.6 is 0 Å². The Hall–Kier alpha value is -2.19. The van der Waals surface area contributed by atoms with Crippen LogP contribution < -0.4 is 0 Å². The Balaban J connectivity index is 1.81. The molecule has 2 heteroatoms. The lowest BCUT2D eigenvalue weighted by Crippen LogP contribution is -2.42. The van der Waals surface area contributed by atoms with Crippen molar-refractivity contribution < 1.29 is 9.90 Å². The van der Waals surface area contributed by atoms with Gasteiger partial charge in [0.1, 0.15) is 6.10 Å². The number of hydrogen-bond donors (Lipinski definition) is 1. The molecule has 2 nitrogen and oxygen atoms in total. The summed E-state index contributed by atoms with van der Waals surface area (Å²) in [7, 11) is 0. The molecule has 5 atom stereocenters. The van der Waals surface area contributed by atoms with E-state index in [-0.39, 0.29) is 17.6 Å².